The third-order valence-corrected chi connectivity index (χ3v) is 3.28. The third-order valence-electron chi connectivity index (χ3n) is 3.28. The molecule has 1 N–H and O–H groups in total. The minimum Gasteiger partial charge on any atom is -0.354 e. The zero-order valence-corrected chi connectivity index (χ0v) is 11.4. The molecule has 5 heteroatoms. The zero-order chi connectivity index (χ0) is 12.8. The second kappa shape index (κ2) is 6.54. The van der Waals surface area contributed by atoms with Gasteiger partial charge in [0.1, 0.15) is 5.82 Å². The van der Waals surface area contributed by atoms with Crippen LogP contribution in [0.4, 0.5) is 11.8 Å². The standard InChI is InChI=1S/C13H23N5/c1-3-4-6-14-13-15-7-5-12(16-13)18-10-8-17(2)9-11-18/h5,7H,3-4,6,8-11H2,1-2H3,(H,14,15,16). The lowest BCUT2D eigenvalue weighted by Crippen LogP contribution is -2.44. The Morgan fingerprint density at radius 2 is 2.06 bits per heavy atom. The summed E-state index contributed by atoms with van der Waals surface area (Å²) < 4.78 is 0. The summed E-state index contributed by atoms with van der Waals surface area (Å²) in [7, 11) is 2.16. The van der Waals surface area contributed by atoms with Gasteiger partial charge in [-0.1, -0.05) is 13.3 Å². The van der Waals surface area contributed by atoms with Crippen molar-refractivity contribution in [3.63, 3.8) is 0 Å². The summed E-state index contributed by atoms with van der Waals surface area (Å²) in [4.78, 5) is 13.5. The summed E-state index contributed by atoms with van der Waals surface area (Å²) in [5.74, 6) is 1.79. The van der Waals surface area contributed by atoms with Gasteiger partial charge in [0.15, 0.2) is 0 Å². The number of nitrogens with zero attached hydrogens (tertiary/aromatic N) is 4. The van der Waals surface area contributed by atoms with Crippen LogP contribution < -0.4 is 10.2 Å². The van der Waals surface area contributed by atoms with Gasteiger partial charge in [0.05, 0.1) is 0 Å². The van der Waals surface area contributed by atoms with Crippen LogP contribution in [-0.4, -0.2) is 54.6 Å². The second-order valence-electron chi connectivity index (χ2n) is 4.81. The van der Waals surface area contributed by atoms with E-state index in [0.29, 0.717) is 0 Å². The normalized spacial score (nSPS) is 16.9. The maximum Gasteiger partial charge on any atom is 0.224 e. The number of unbranched alkanes of at least 4 members (excludes halogenated alkanes) is 1. The lowest BCUT2D eigenvalue weighted by Gasteiger charge is -2.33. The Morgan fingerprint density at radius 1 is 1.28 bits per heavy atom. The highest BCUT2D eigenvalue weighted by Crippen LogP contribution is 2.14. The Hall–Kier alpha value is -1.36. The van der Waals surface area contributed by atoms with E-state index in [4.69, 9.17) is 0 Å². The van der Waals surface area contributed by atoms with Crippen LogP contribution in [0.1, 0.15) is 19.8 Å². The topological polar surface area (TPSA) is 44.3 Å². The predicted octanol–water partition coefficient (Wildman–Crippen LogP) is 1.44. The molecule has 1 aliphatic heterocycles. The summed E-state index contributed by atoms with van der Waals surface area (Å²) in [6.07, 6.45) is 4.18. The van der Waals surface area contributed by atoms with E-state index >= 15 is 0 Å². The summed E-state index contributed by atoms with van der Waals surface area (Å²) >= 11 is 0. The van der Waals surface area contributed by atoms with Gasteiger partial charge in [-0.15, -0.1) is 0 Å². The molecule has 1 aromatic rings. The molecule has 2 heterocycles. The molecule has 0 aromatic carbocycles. The van der Waals surface area contributed by atoms with Crippen LogP contribution in [0.5, 0.6) is 0 Å². The van der Waals surface area contributed by atoms with Crippen molar-refractivity contribution in [2.45, 2.75) is 19.8 Å². The average molecular weight is 249 g/mol. The Kier molecular flexibility index (Phi) is 4.75. The number of nitrogens with one attached hydrogen (secondary N) is 1. The average Bonchev–Trinajstić information content (AvgIpc) is 2.40. The van der Waals surface area contributed by atoms with Crippen LogP contribution in [-0.2, 0) is 0 Å². The first-order valence-electron chi connectivity index (χ1n) is 6.80. The number of aromatic nitrogens is 2. The molecule has 1 saturated heterocycles. The zero-order valence-electron chi connectivity index (χ0n) is 11.4. The van der Waals surface area contributed by atoms with Gasteiger partial charge in [0, 0.05) is 38.9 Å². The number of rotatable bonds is 5. The van der Waals surface area contributed by atoms with Gasteiger partial charge in [-0.2, -0.15) is 4.98 Å². The molecule has 0 aliphatic carbocycles. The van der Waals surface area contributed by atoms with E-state index in [9.17, 15) is 0 Å². The maximum atomic E-state index is 4.58. The van der Waals surface area contributed by atoms with Crippen molar-refractivity contribution in [3.8, 4) is 0 Å². The highest BCUT2D eigenvalue weighted by Gasteiger charge is 2.15. The summed E-state index contributed by atoms with van der Waals surface area (Å²) in [6.45, 7) is 7.42. The lowest BCUT2D eigenvalue weighted by molar-refractivity contribution is 0.312. The van der Waals surface area contributed by atoms with Gasteiger partial charge >= 0.3 is 0 Å². The molecule has 100 valence electrons. The minimum atomic E-state index is 0.750. The van der Waals surface area contributed by atoms with E-state index in [-0.39, 0.29) is 0 Å². The molecule has 0 radical (unpaired) electrons. The smallest absolute Gasteiger partial charge is 0.224 e. The molecule has 0 bridgehead atoms. The molecule has 1 aliphatic rings. The molecular formula is C13H23N5. The Balaban J connectivity index is 1.94. The number of likely N-dealkylation sites (N-methyl/N-ethyl adjacent to an activating group) is 1. The van der Waals surface area contributed by atoms with E-state index < -0.39 is 0 Å². The van der Waals surface area contributed by atoms with Crippen molar-refractivity contribution >= 4 is 11.8 Å². The molecule has 2 rings (SSSR count). The van der Waals surface area contributed by atoms with Crippen molar-refractivity contribution in [2.24, 2.45) is 0 Å². The first kappa shape index (κ1) is 13.1. The van der Waals surface area contributed by atoms with Gasteiger partial charge in [-0.05, 0) is 19.5 Å². The van der Waals surface area contributed by atoms with E-state index in [0.717, 1.165) is 50.9 Å². The largest absolute Gasteiger partial charge is 0.354 e. The van der Waals surface area contributed by atoms with Crippen molar-refractivity contribution in [1.82, 2.24) is 14.9 Å². The highest BCUT2D eigenvalue weighted by atomic mass is 15.3. The minimum absolute atomic E-state index is 0.750. The van der Waals surface area contributed by atoms with Crippen molar-refractivity contribution in [1.29, 1.82) is 0 Å². The number of piperazine rings is 1. The lowest BCUT2D eigenvalue weighted by atomic mass is 10.3. The fraction of sp³-hybridized carbons (Fsp3) is 0.692. The quantitative estimate of drug-likeness (QED) is 0.800. The van der Waals surface area contributed by atoms with Gasteiger partial charge in [0.25, 0.3) is 0 Å². The van der Waals surface area contributed by atoms with Gasteiger partial charge < -0.3 is 15.1 Å². The van der Waals surface area contributed by atoms with E-state index in [1.165, 1.54) is 6.42 Å². The van der Waals surface area contributed by atoms with E-state index in [2.05, 4.69) is 39.1 Å². The summed E-state index contributed by atoms with van der Waals surface area (Å²) in [5.41, 5.74) is 0. The third kappa shape index (κ3) is 3.57. The summed E-state index contributed by atoms with van der Waals surface area (Å²) in [5, 5.41) is 3.27. The van der Waals surface area contributed by atoms with E-state index in [1.54, 1.807) is 0 Å². The van der Waals surface area contributed by atoms with Crippen LogP contribution in [0, 0.1) is 0 Å². The van der Waals surface area contributed by atoms with Crippen LogP contribution in [0.3, 0.4) is 0 Å². The summed E-state index contributed by atoms with van der Waals surface area (Å²) in [6, 6.07) is 2.00. The molecule has 0 atom stereocenters. The van der Waals surface area contributed by atoms with Crippen LogP contribution in [0.15, 0.2) is 12.3 Å². The molecule has 5 nitrogen and oxygen atoms in total. The van der Waals surface area contributed by atoms with Crippen molar-refractivity contribution in [3.05, 3.63) is 12.3 Å². The Morgan fingerprint density at radius 3 is 2.78 bits per heavy atom. The van der Waals surface area contributed by atoms with Crippen LogP contribution >= 0.6 is 0 Å². The highest BCUT2D eigenvalue weighted by molar-refractivity contribution is 5.42. The van der Waals surface area contributed by atoms with Crippen molar-refractivity contribution in [2.75, 3.05) is 50.0 Å². The maximum absolute atomic E-state index is 4.58. The molecule has 1 fully saturated rings. The predicted molar refractivity (Wildman–Crippen MR) is 75.1 cm³/mol. The molecule has 0 unspecified atom stereocenters. The van der Waals surface area contributed by atoms with Crippen LogP contribution in [0.25, 0.3) is 0 Å². The van der Waals surface area contributed by atoms with E-state index in [1.807, 2.05) is 12.3 Å². The first-order valence-corrected chi connectivity index (χ1v) is 6.80. The van der Waals surface area contributed by atoms with Crippen LogP contribution in [0.2, 0.25) is 0 Å². The molecule has 0 spiro atoms. The second-order valence-corrected chi connectivity index (χ2v) is 4.81. The van der Waals surface area contributed by atoms with Gasteiger partial charge in [0.2, 0.25) is 5.95 Å². The fourth-order valence-electron chi connectivity index (χ4n) is 2.02. The first-order chi connectivity index (χ1) is 8.79. The monoisotopic (exact) mass is 249 g/mol. The molecule has 1 aromatic heterocycles. The molecular weight excluding hydrogens is 226 g/mol. The number of anilines is 2. The fourth-order valence-corrected chi connectivity index (χ4v) is 2.02. The molecule has 0 saturated carbocycles. The van der Waals surface area contributed by atoms with Crippen molar-refractivity contribution < 1.29 is 0 Å². The Bertz CT molecular complexity index is 360. The SMILES string of the molecule is CCCCNc1nccc(N2CCN(C)CC2)n1. The number of hydrogen-bond acceptors (Lipinski definition) is 5. The van der Waals surface area contributed by atoms with Gasteiger partial charge in [-0.3, -0.25) is 0 Å². The number of hydrogen-bond donors (Lipinski definition) is 1. The van der Waals surface area contributed by atoms with Gasteiger partial charge in [-0.25, -0.2) is 4.98 Å². The molecule has 0 amide bonds. The Labute approximate surface area is 109 Å². The molecule has 18 heavy (non-hydrogen) atoms.